The summed E-state index contributed by atoms with van der Waals surface area (Å²) >= 11 is 0. The lowest BCUT2D eigenvalue weighted by atomic mass is 9.91. The molecule has 2 heterocycles. The molecule has 0 spiro atoms. The van der Waals surface area contributed by atoms with E-state index < -0.39 is 0 Å². The lowest BCUT2D eigenvalue weighted by Crippen LogP contribution is -2.38. The molecule has 0 radical (unpaired) electrons. The summed E-state index contributed by atoms with van der Waals surface area (Å²) in [4.78, 5) is 11.8. The Morgan fingerprint density at radius 1 is 1.03 bits per heavy atom. The average molecular weight is 521 g/mol. The highest BCUT2D eigenvalue weighted by atomic mass is 127. The monoisotopic (exact) mass is 521 g/mol. The van der Waals surface area contributed by atoms with Gasteiger partial charge in [-0.2, -0.15) is 0 Å². The quantitative estimate of drug-likeness (QED) is 0.322. The van der Waals surface area contributed by atoms with E-state index in [1.807, 2.05) is 24.4 Å². The van der Waals surface area contributed by atoms with Crippen LogP contribution in [-0.2, 0) is 19.6 Å². The molecule has 164 valence electrons. The van der Waals surface area contributed by atoms with Gasteiger partial charge >= 0.3 is 0 Å². The fourth-order valence-electron chi connectivity index (χ4n) is 4.21. The van der Waals surface area contributed by atoms with E-state index in [1.54, 1.807) is 0 Å². The van der Waals surface area contributed by atoms with Gasteiger partial charge in [-0.15, -0.1) is 24.0 Å². The Kier molecular flexibility index (Phi) is 10.6. The summed E-state index contributed by atoms with van der Waals surface area (Å²) in [6, 6.07) is 14.7. The van der Waals surface area contributed by atoms with Crippen molar-refractivity contribution >= 4 is 29.9 Å². The summed E-state index contributed by atoms with van der Waals surface area (Å²) in [5.74, 6) is 2.38. The minimum atomic E-state index is 0. The summed E-state index contributed by atoms with van der Waals surface area (Å²) in [5, 5.41) is 6.72. The van der Waals surface area contributed by atoms with Crippen molar-refractivity contribution in [3.63, 3.8) is 0 Å². The highest BCUT2D eigenvalue weighted by Gasteiger charge is 2.22. The van der Waals surface area contributed by atoms with E-state index >= 15 is 0 Å². The molecule has 0 bridgehead atoms. The molecule has 0 aliphatic carbocycles. The molecular weight excluding hydrogens is 485 g/mol. The van der Waals surface area contributed by atoms with Crippen molar-refractivity contribution in [1.29, 1.82) is 0 Å². The maximum atomic E-state index is 4.83. The van der Waals surface area contributed by atoms with Crippen LogP contribution in [0.1, 0.15) is 44.0 Å². The van der Waals surface area contributed by atoms with Crippen molar-refractivity contribution in [1.82, 2.24) is 20.5 Å². The van der Waals surface area contributed by atoms with Crippen LogP contribution in [-0.4, -0.2) is 35.5 Å². The number of hydrogen-bond acceptors (Lipinski definition) is 3. The summed E-state index contributed by atoms with van der Waals surface area (Å²) in [7, 11) is 0. The van der Waals surface area contributed by atoms with E-state index in [1.165, 1.54) is 30.6 Å². The predicted octanol–water partition coefficient (Wildman–Crippen LogP) is 4.43. The van der Waals surface area contributed by atoms with Gasteiger partial charge in [0.2, 0.25) is 0 Å². The van der Waals surface area contributed by atoms with Crippen LogP contribution in [0.3, 0.4) is 0 Å². The standard InChI is InChI=1S/C24H35N5.HI/c1-4-25-24(28-15-23-11-7-8-12-26-23)27-14-21-9-5-6-10-22(21)18-29-16-19(2)13-20(3)17-29;/h5-12,19-20H,4,13-18H2,1-3H3,(H2,25,27,28);1H. The molecule has 5 nitrogen and oxygen atoms in total. The molecule has 1 saturated heterocycles. The molecule has 1 aromatic carbocycles. The Morgan fingerprint density at radius 3 is 2.40 bits per heavy atom. The number of aromatic nitrogens is 1. The molecular formula is C24H36IN5. The van der Waals surface area contributed by atoms with Gasteiger partial charge in [0.15, 0.2) is 5.96 Å². The summed E-state index contributed by atoms with van der Waals surface area (Å²) < 4.78 is 0. The molecule has 1 aliphatic heterocycles. The van der Waals surface area contributed by atoms with E-state index in [9.17, 15) is 0 Å². The first-order valence-corrected chi connectivity index (χ1v) is 10.8. The summed E-state index contributed by atoms with van der Waals surface area (Å²) in [6.07, 6.45) is 3.16. The maximum absolute atomic E-state index is 4.83. The lowest BCUT2D eigenvalue weighted by molar-refractivity contribution is 0.134. The van der Waals surface area contributed by atoms with Gasteiger partial charge in [-0.1, -0.05) is 44.2 Å². The zero-order valence-electron chi connectivity index (χ0n) is 18.5. The summed E-state index contributed by atoms with van der Waals surface area (Å²) in [6.45, 7) is 12.4. The third-order valence-electron chi connectivity index (χ3n) is 5.37. The van der Waals surface area contributed by atoms with Crippen molar-refractivity contribution in [2.75, 3.05) is 19.6 Å². The van der Waals surface area contributed by atoms with Gasteiger partial charge in [-0.3, -0.25) is 9.88 Å². The molecule has 0 saturated carbocycles. The normalized spacial score (nSPS) is 19.8. The molecule has 6 heteroatoms. The molecule has 2 N–H and O–H groups in total. The van der Waals surface area contributed by atoms with Gasteiger partial charge in [-0.05, 0) is 48.4 Å². The highest BCUT2D eigenvalue weighted by Crippen LogP contribution is 2.23. The van der Waals surface area contributed by atoms with Crippen LogP contribution in [0.25, 0.3) is 0 Å². The SMILES string of the molecule is CCNC(=NCc1ccccc1CN1CC(C)CC(C)C1)NCc1ccccn1.I. The van der Waals surface area contributed by atoms with E-state index in [4.69, 9.17) is 4.99 Å². The Bertz CT molecular complexity index is 770. The van der Waals surface area contributed by atoms with Crippen molar-refractivity contribution in [3.8, 4) is 0 Å². The van der Waals surface area contributed by atoms with Gasteiger partial charge in [0, 0.05) is 32.4 Å². The molecule has 30 heavy (non-hydrogen) atoms. The van der Waals surface area contributed by atoms with Crippen molar-refractivity contribution < 1.29 is 0 Å². The first-order chi connectivity index (χ1) is 14.1. The smallest absolute Gasteiger partial charge is 0.191 e. The lowest BCUT2D eigenvalue weighted by Gasteiger charge is -2.35. The van der Waals surface area contributed by atoms with Crippen molar-refractivity contribution in [2.24, 2.45) is 16.8 Å². The zero-order chi connectivity index (χ0) is 20.5. The van der Waals surface area contributed by atoms with Crippen LogP contribution in [0.15, 0.2) is 53.7 Å². The van der Waals surface area contributed by atoms with E-state index in [0.29, 0.717) is 13.1 Å². The molecule has 1 aromatic heterocycles. The molecule has 0 amide bonds. The number of benzene rings is 1. The summed E-state index contributed by atoms with van der Waals surface area (Å²) in [5.41, 5.74) is 3.69. The minimum Gasteiger partial charge on any atom is -0.357 e. The Labute approximate surface area is 198 Å². The second-order valence-electron chi connectivity index (χ2n) is 8.28. The third-order valence-corrected chi connectivity index (χ3v) is 5.37. The van der Waals surface area contributed by atoms with Crippen LogP contribution in [0, 0.1) is 11.8 Å². The molecule has 1 fully saturated rings. The predicted molar refractivity (Wildman–Crippen MR) is 136 cm³/mol. The first kappa shape index (κ1) is 24.6. The minimum absolute atomic E-state index is 0. The number of guanidine groups is 1. The highest BCUT2D eigenvalue weighted by molar-refractivity contribution is 14.0. The maximum Gasteiger partial charge on any atom is 0.191 e. The number of nitrogens with one attached hydrogen (secondary N) is 2. The Morgan fingerprint density at radius 2 is 1.73 bits per heavy atom. The number of halogens is 1. The van der Waals surface area contributed by atoms with Crippen LogP contribution < -0.4 is 10.6 Å². The van der Waals surface area contributed by atoms with Crippen molar-refractivity contribution in [2.45, 2.75) is 46.8 Å². The Balaban J connectivity index is 0.00000320. The van der Waals surface area contributed by atoms with Gasteiger partial charge in [0.1, 0.15) is 0 Å². The number of likely N-dealkylation sites (tertiary alicyclic amines) is 1. The van der Waals surface area contributed by atoms with Gasteiger partial charge in [0.05, 0.1) is 18.8 Å². The van der Waals surface area contributed by atoms with Crippen LogP contribution in [0.5, 0.6) is 0 Å². The second-order valence-corrected chi connectivity index (χ2v) is 8.28. The first-order valence-electron chi connectivity index (χ1n) is 10.8. The number of aliphatic imine (C=N–C) groups is 1. The fourth-order valence-corrected chi connectivity index (χ4v) is 4.21. The van der Waals surface area contributed by atoms with Gasteiger partial charge < -0.3 is 10.6 Å². The second kappa shape index (κ2) is 12.9. The van der Waals surface area contributed by atoms with E-state index in [-0.39, 0.29) is 24.0 Å². The molecule has 2 aromatic rings. The number of piperidine rings is 1. The van der Waals surface area contributed by atoms with Crippen molar-refractivity contribution in [3.05, 3.63) is 65.5 Å². The van der Waals surface area contributed by atoms with Gasteiger partial charge in [-0.25, -0.2) is 4.99 Å². The zero-order valence-corrected chi connectivity index (χ0v) is 20.8. The largest absolute Gasteiger partial charge is 0.357 e. The van der Waals surface area contributed by atoms with Gasteiger partial charge in [0.25, 0.3) is 0 Å². The van der Waals surface area contributed by atoms with Crippen LogP contribution in [0.4, 0.5) is 0 Å². The third kappa shape index (κ3) is 7.87. The number of pyridine rings is 1. The van der Waals surface area contributed by atoms with Crippen LogP contribution in [0.2, 0.25) is 0 Å². The fraction of sp³-hybridized carbons (Fsp3) is 0.500. The van der Waals surface area contributed by atoms with E-state index in [0.717, 1.165) is 36.6 Å². The van der Waals surface area contributed by atoms with E-state index in [2.05, 4.69) is 65.6 Å². The molecule has 3 rings (SSSR count). The average Bonchev–Trinajstić information content (AvgIpc) is 2.71. The van der Waals surface area contributed by atoms with Crippen LogP contribution >= 0.6 is 24.0 Å². The Hall–Kier alpha value is -1.67. The number of hydrogen-bond donors (Lipinski definition) is 2. The topological polar surface area (TPSA) is 52.6 Å². The number of nitrogens with zero attached hydrogens (tertiary/aromatic N) is 3. The molecule has 2 unspecified atom stereocenters. The number of rotatable bonds is 7. The molecule has 2 atom stereocenters. The molecule has 1 aliphatic rings.